The molecule has 2 unspecified atom stereocenters. The van der Waals surface area contributed by atoms with Crippen molar-refractivity contribution < 1.29 is 14.0 Å². The van der Waals surface area contributed by atoms with Gasteiger partial charge in [-0.25, -0.2) is 4.39 Å². The number of rotatable bonds is 2. The van der Waals surface area contributed by atoms with Crippen LogP contribution >= 0.6 is 15.9 Å². The third-order valence-electron chi connectivity index (χ3n) is 6.13. The summed E-state index contributed by atoms with van der Waals surface area (Å²) < 4.78 is 14.0. The minimum Gasteiger partial charge on any atom is -0.329 e. The molecule has 2 aromatic rings. The molecular weight excluding hydrogens is 445 g/mol. The molecule has 4 rings (SSSR count). The van der Waals surface area contributed by atoms with Crippen LogP contribution in [0.15, 0.2) is 58.2 Å². The maximum atomic E-state index is 13.7. The van der Waals surface area contributed by atoms with Crippen LogP contribution in [0.1, 0.15) is 68.6 Å². The van der Waals surface area contributed by atoms with Crippen molar-refractivity contribution in [3.8, 4) is 0 Å². The third-order valence-corrected chi connectivity index (χ3v) is 6.74. The van der Waals surface area contributed by atoms with E-state index in [-0.39, 0.29) is 41.2 Å². The average Bonchev–Trinajstić information content (AvgIpc) is 2.68. The van der Waals surface area contributed by atoms with Gasteiger partial charge in [0.1, 0.15) is 5.82 Å². The fourth-order valence-corrected chi connectivity index (χ4v) is 4.86. The topological polar surface area (TPSA) is 46.2 Å². The van der Waals surface area contributed by atoms with E-state index in [1.54, 1.807) is 12.1 Å². The van der Waals surface area contributed by atoms with Crippen LogP contribution in [0.25, 0.3) is 0 Å². The number of benzene rings is 2. The fraction of sp³-hybridized carbons (Fsp3) is 0.360. The van der Waals surface area contributed by atoms with Crippen LogP contribution in [0.5, 0.6) is 0 Å². The molecule has 0 saturated heterocycles. The summed E-state index contributed by atoms with van der Waals surface area (Å²) in [6, 6.07) is 13.2. The monoisotopic (exact) mass is 469 g/mol. The second-order valence-electron chi connectivity index (χ2n) is 9.27. The number of halogens is 2. The zero-order chi connectivity index (χ0) is 21.6. The predicted octanol–water partition coefficient (Wildman–Crippen LogP) is 5.89. The lowest BCUT2D eigenvalue weighted by molar-refractivity contribution is -0.122. The number of hydrogen-bond donors (Lipinski definition) is 1. The molecule has 5 heteroatoms. The highest BCUT2D eigenvalue weighted by atomic mass is 79.9. The normalized spacial score (nSPS) is 22.0. The van der Waals surface area contributed by atoms with E-state index in [0.29, 0.717) is 22.9 Å². The molecule has 2 atom stereocenters. The average molecular weight is 470 g/mol. The van der Waals surface area contributed by atoms with Crippen LogP contribution in [0.3, 0.4) is 0 Å². The van der Waals surface area contributed by atoms with Crippen molar-refractivity contribution in [1.29, 1.82) is 0 Å². The van der Waals surface area contributed by atoms with Crippen LogP contribution in [0.2, 0.25) is 0 Å². The molecule has 0 spiro atoms. The van der Waals surface area contributed by atoms with E-state index in [2.05, 4.69) is 66.3 Å². The molecular formula is C25H25BrFNO2. The summed E-state index contributed by atoms with van der Waals surface area (Å²) >= 11 is 3.21. The van der Waals surface area contributed by atoms with Crippen molar-refractivity contribution in [3.05, 3.63) is 80.7 Å². The molecule has 0 aromatic heterocycles. The summed E-state index contributed by atoms with van der Waals surface area (Å²) in [4.78, 5) is 25.6. The van der Waals surface area contributed by atoms with E-state index in [0.717, 1.165) is 16.8 Å². The number of carbonyl (C=O) groups is 2. The highest BCUT2D eigenvalue weighted by molar-refractivity contribution is 9.10. The zero-order valence-corrected chi connectivity index (χ0v) is 19.0. The molecule has 1 heterocycles. The van der Waals surface area contributed by atoms with Crippen molar-refractivity contribution in [1.82, 2.24) is 5.32 Å². The Hall–Kier alpha value is -2.27. The Morgan fingerprint density at radius 2 is 1.63 bits per heavy atom. The first kappa shape index (κ1) is 21.0. The van der Waals surface area contributed by atoms with Gasteiger partial charge in [-0.2, -0.15) is 0 Å². The van der Waals surface area contributed by atoms with Gasteiger partial charge in [0.25, 0.3) is 0 Å². The summed E-state index contributed by atoms with van der Waals surface area (Å²) in [6.45, 7) is 6.53. The molecule has 0 saturated carbocycles. The number of carbonyl (C=O) groups excluding carboxylic acids is 2. The van der Waals surface area contributed by atoms with Gasteiger partial charge >= 0.3 is 0 Å². The van der Waals surface area contributed by atoms with E-state index in [1.165, 1.54) is 11.6 Å². The molecule has 156 valence electrons. The molecule has 2 aromatic carbocycles. The minimum atomic E-state index is -0.359. The molecule has 3 nitrogen and oxygen atoms in total. The van der Waals surface area contributed by atoms with Gasteiger partial charge < -0.3 is 5.32 Å². The van der Waals surface area contributed by atoms with Gasteiger partial charge in [-0.3, -0.25) is 9.59 Å². The molecule has 2 aliphatic rings. The SMILES string of the molecule is CC(C)(C)c1ccc(C2CC(=O)C3=C(C2)NC(=O)CC3c2ccc(F)c(Br)c2)cc1. The molecule has 1 N–H and O–H groups in total. The Balaban J connectivity index is 1.66. The Morgan fingerprint density at radius 1 is 0.967 bits per heavy atom. The lowest BCUT2D eigenvalue weighted by atomic mass is 9.73. The zero-order valence-electron chi connectivity index (χ0n) is 17.4. The van der Waals surface area contributed by atoms with Crippen LogP contribution in [0.4, 0.5) is 4.39 Å². The molecule has 0 fully saturated rings. The summed E-state index contributed by atoms with van der Waals surface area (Å²) in [5, 5.41) is 2.94. The molecule has 1 aliphatic heterocycles. The highest BCUT2D eigenvalue weighted by Crippen LogP contribution is 2.43. The van der Waals surface area contributed by atoms with E-state index < -0.39 is 0 Å². The summed E-state index contributed by atoms with van der Waals surface area (Å²) in [5.41, 5.74) is 4.62. The van der Waals surface area contributed by atoms with Crippen LogP contribution < -0.4 is 5.32 Å². The quantitative estimate of drug-likeness (QED) is 0.595. The van der Waals surface area contributed by atoms with Crippen molar-refractivity contribution in [2.45, 2.75) is 57.3 Å². The fourth-order valence-electron chi connectivity index (χ4n) is 4.46. The first-order chi connectivity index (χ1) is 14.1. The lowest BCUT2D eigenvalue weighted by Crippen LogP contribution is -2.38. The second kappa shape index (κ2) is 7.77. The van der Waals surface area contributed by atoms with Crippen LogP contribution in [0, 0.1) is 5.82 Å². The molecule has 1 amide bonds. The van der Waals surface area contributed by atoms with Gasteiger partial charge in [0.05, 0.1) is 4.47 Å². The molecule has 30 heavy (non-hydrogen) atoms. The van der Waals surface area contributed by atoms with Gasteiger partial charge in [0, 0.05) is 30.0 Å². The van der Waals surface area contributed by atoms with Gasteiger partial charge in [-0.05, 0) is 62.5 Å². The van der Waals surface area contributed by atoms with E-state index >= 15 is 0 Å². The van der Waals surface area contributed by atoms with Gasteiger partial charge in [0.15, 0.2) is 5.78 Å². The summed E-state index contributed by atoms with van der Waals surface area (Å²) in [5.74, 6) is -0.684. The second-order valence-corrected chi connectivity index (χ2v) is 10.1. The van der Waals surface area contributed by atoms with Gasteiger partial charge in [0.2, 0.25) is 5.91 Å². The van der Waals surface area contributed by atoms with Crippen molar-refractivity contribution >= 4 is 27.6 Å². The number of allylic oxidation sites excluding steroid dienone is 2. The number of hydrogen-bond acceptors (Lipinski definition) is 2. The molecule has 1 aliphatic carbocycles. The largest absolute Gasteiger partial charge is 0.329 e. The third kappa shape index (κ3) is 4.00. The first-order valence-corrected chi connectivity index (χ1v) is 11.0. The van der Waals surface area contributed by atoms with Crippen molar-refractivity contribution in [3.63, 3.8) is 0 Å². The Kier molecular flexibility index (Phi) is 5.43. The Morgan fingerprint density at radius 3 is 2.27 bits per heavy atom. The highest BCUT2D eigenvalue weighted by Gasteiger charge is 2.38. The predicted molar refractivity (Wildman–Crippen MR) is 119 cm³/mol. The first-order valence-electron chi connectivity index (χ1n) is 10.2. The number of amides is 1. The summed E-state index contributed by atoms with van der Waals surface area (Å²) in [6.07, 6.45) is 1.25. The minimum absolute atomic E-state index is 0.0456. The number of ketones is 1. The maximum absolute atomic E-state index is 13.7. The van der Waals surface area contributed by atoms with Crippen molar-refractivity contribution in [2.24, 2.45) is 0 Å². The van der Waals surface area contributed by atoms with E-state index in [1.807, 2.05) is 0 Å². The molecule has 0 radical (unpaired) electrons. The standard InChI is InChI=1S/C25H25BrFNO2/c1-25(2,3)17-7-4-14(5-8-17)16-11-21-24(22(29)12-16)18(13-23(30)28-21)15-6-9-20(27)19(26)10-15/h4-10,16,18H,11-13H2,1-3H3,(H,28,30). The number of Topliss-reactive ketones (excluding diaryl/α,β-unsaturated/α-hetero) is 1. The molecule has 0 bridgehead atoms. The van der Waals surface area contributed by atoms with Crippen LogP contribution in [-0.2, 0) is 15.0 Å². The van der Waals surface area contributed by atoms with Crippen LogP contribution in [-0.4, -0.2) is 11.7 Å². The smallest absolute Gasteiger partial charge is 0.225 e. The Bertz CT molecular complexity index is 1050. The maximum Gasteiger partial charge on any atom is 0.225 e. The van der Waals surface area contributed by atoms with E-state index in [4.69, 9.17) is 0 Å². The number of nitrogens with one attached hydrogen (secondary N) is 1. The Labute approximate surface area is 184 Å². The summed E-state index contributed by atoms with van der Waals surface area (Å²) in [7, 11) is 0. The van der Waals surface area contributed by atoms with E-state index in [9.17, 15) is 14.0 Å². The van der Waals surface area contributed by atoms with Gasteiger partial charge in [-0.15, -0.1) is 0 Å². The van der Waals surface area contributed by atoms with Crippen molar-refractivity contribution in [2.75, 3.05) is 0 Å². The lowest BCUT2D eigenvalue weighted by Gasteiger charge is -2.34. The van der Waals surface area contributed by atoms with Gasteiger partial charge in [-0.1, -0.05) is 51.1 Å².